The highest BCUT2D eigenvalue weighted by Gasteiger charge is 2.22. The Bertz CT molecular complexity index is 516. The molecule has 1 atom stereocenters. The minimum Gasteiger partial charge on any atom is -0.342 e. The summed E-state index contributed by atoms with van der Waals surface area (Å²) >= 11 is 0. The van der Waals surface area contributed by atoms with Crippen molar-refractivity contribution < 1.29 is 0 Å². The maximum atomic E-state index is 4.20. The van der Waals surface area contributed by atoms with E-state index in [2.05, 4.69) is 46.6 Å². The van der Waals surface area contributed by atoms with Gasteiger partial charge in [-0.3, -0.25) is 9.88 Å². The molecule has 1 aliphatic rings. The summed E-state index contributed by atoms with van der Waals surface area (Å²) < 4.78 is 2.42. The van der Waals surface area contributed by atoms with Crippen molar-refractivity contribution in [3.63, 3.8) is 0 Å². The van der Waals surface area contributed by atoms with Crippen LogP contribution >= 0.6 is 0 Å². The van der Waals surface area contributed by atoms with Crippen LogP contribution in [0, 0.1) is 0 Å². The Balaban J connectivity index is 2.08. The number of pyridine rings is 1. The van der Waals surface area contributed by atoms with Crippen molar-refractivity contribution >= 4 is 0 Å². The molecule has 0 bridgehead atoms. The maximum Gasteiger partial charge on any atom is 0.0499 e. The molecule has 0 spiro atoms. The van der Waals surface area contributed by atoms with Crippen LogP contribution in [-0.2, 0) is 6.54 Å². The first-order valence-electron chi connectivity index (χ1n) is 6.07. The smallest absolute Gasteiger partial charge is 0.0499 e. The average molecular weight is 227 g/mol. The molecule has 0 radical (unpaired) electrons. The number of likely N-dealkylation sites (N-methyl/N-ethyl adjacent to an activating group) is 1. The van der Waals surface area contributed by atoms with Gasteiger partial charge in [0.1, 0.15) is 0 Å². The lowest BCUT2D eigenvalue weighted by molar-refractivity contribution is 0.212. The summed E-state index contributed by atoms with van der Waals surface area (Å²) in [5, 5.41) is 0. The molecule has 3 heterocycles. The van der Waals surface area contributed by atoms with Crippen LogP contribution in [0.2, 0.25) is 0 Å². The van der Waals surface area contributed by atoms with Gasteiger partial charge in [-0.25, -0.2) is 0 Å². The molecule has 1 aliphatic heterocycles. The van der Waals surface area contributed by atoms with Gasteiger partial charge in [0.2, 0.25) is 0 Å². The topological polar surface area (TPSA) is 21.1 Å². The first-order valence-corrected chi connectivity index (χ1v) is 6.07. The second kappa shape index (κ2) is 4.00. The van der Waals surface area contributed by atoms with Gasteiger partial charge in [0.25, 0.3) is 0 Å². The molecule has 0 fully saturated rings. The fourth-order valence-electron chi connectivity index (χ4n) is 2.54. The Kier molecular flexibility index (Phi) is 2.48. The van der Waals surface area contributed by atoms with Crippen LogP contribution in [-0.4, -0.2) is 28.0 Å². The molecule has 2 aromatic rings. The van der Waals surface area contributed by atoms with E-state index in [0.29, 0.717) is 6.04 Å². The average Bonchev–Trinajstić information content (AvgIpc) is 2.79. The van der Waals surface area contributed by atoms with Gasteiger partial charge in [0.05, 0.1) is 0 Å². The van der Waals surface area contributed by atoms with E-state index in [9.17, 15) is 0 Å². The van der Waals surface area contributed by atoms with Gasteiger partial charge in [0.15, 0.2) is 0 Å². The van der Waals surface area contributed by atoms with E-state index in [-0.39, 0.29) is 0 Å². The summed E-state index contributed by atoms with van der Waals surface area (Å²) in [6, 6.07) is 9.06. The highest BCUT2D eigenvalue weighted by Crippen LogP contribution is 2.30. The van der Waals surface area contributed by atoms with Crippen molar-refractivity contribution in [1.29, 1.82) is 0 Å². The molecule has 3 heteroatoms. The summed E-state index contributed by atoms with van der Waals surface area (Å²) in [6.07, 6.45) is 3.76. The third kappa shape index (κ3) is 1.67. The van der Waals surface area contributed by atoms with Gasteiger partial charge in [-0.1, -0.05) is 0 Å². The maximum absolute atomic E-state index is 4.20. The Morgan fingerprint density at radius 2 is 2.12 bits per heavy atom. The molecule has 88 valence electrons. The number of rotatable bonds is 1. The zero-order valence-electron chi connectivity index (χ0n) is 10.3. The van der Waals surface area contributed by atoms with E-state index in [1.807, 2.05) is 18.5 Å². The van der Waals surface area contributed by atoms with Gasteiger partial charge < -0.3 is 4.57 Å². The summed E-state index contributed by atoms with van der Waals surface area (Å²) in [7, 11) is 2.19. The van der Waals surface area contributed by atoms with Gasteiger partial charge in [-0.15, -0.1) is 0 Å². The standard InChI is InChI=1S/C14H17N3/c1-11-13-5-6-14(12-4-3-7-15-10-12)17(13)9-8-16(11)2/h3-7,10-11H,8-9H2,1-2H3. The third-order valence-corrected chi connectivity index (χ3v) is 3.74. The predicted molar refractivity (Wildman–Crippen MR) is 68.7 cm³/mol. The molecule has 3 nitrogen and oxygen atoms in total. The largest absolute Gasteiger partial charge is 0.342 e. The van der Waals surface area contributed by atoms with E-state index in [4.69, 9.17) is 0 Å². The predicted octanol–water partition coefficient (Wildman–Crippen LogP) is 2.56. The number of hydrogen-bond donors (Lipinski definition) is 0. The van der Waals surface area contributed by atoms with E-state index in [1.54, 1.807) is 0 Å². The lowest BCUT2D eigenvalue weighted by Gasteiger charge is -2.32. The lowest BCUT2D eigenvalue weighted by Crippen LogP contribution is -2.33. The summed E-state index contributed by atoms with van der Waals surface area (Å²) in [6.45, 7) is 4.43. The number of fused-ring (bicyclic) bond motifs is 1. The van der Waals surface area contributed by atoms with Crippen molar-refractivity contribution in [3.8, 4) is 11.3 Å². The van der Waals surface area contributed by atoms with Crippen LogP contribution in [0.25, 0.3) is 11.3 Å². The molecule has 17 heavy (non-hydrogen) atoms. The quantitative estimate of drug-likeness (QED) is 0.746. The molecular weight excluding hydrogens is 210 g/mol. The Hall–Kier alpha value is -1.61. The monoisotopic (exact) mass is 227 g/mol. The van der Waals surface area contributed by atoms with Crippen molar-refractivity contribution in [2.24, 2.45) is 0 Å². The summed E-state index contributed by atoms with van der Waals surface area (Å²) in [4.78, 5) is 6.59. The molecule has 0 N–H and O–H groups in total. The van der Waals surface area contributed by atoms with Crippen LogP contribution < -0.4 is 0 Å². The number of aromatic nitrogens is 2. The summed E-state index contributed by atoms with van der Waals surface area (Å²) in [5.41, 5.74) is 3.89. The van der Waals surface area contributed by atoms with E-state index >= 15 is 0 Å². The molecule has 1 unspecified atom stereocenters. The van der Waals surface area contributed by atoms with Gasteiger partial charge in [-0.05, 0) is 38.2 Å². The van der Waals surface area contributed by atoms with Crippen LogP contribution in [0.5, 0.6) is 0 Å². The summed E-state index contributed by atoms with van der Waals surface area (Å²) in [5.74, 6) is 0. The molecule has 0 aliphatic carbocycles. The van der Waals surface area contributed by atoms with Crippen molar-refractivity contribution in [2.45, 2.75) is 19.5 Å². The van der Waals surface area contributed by atoms with Crippen molar-refractivity contribution in [3.05, 3.63) is 42.4 Å². The van der Waals surface area contributed by atoms with E-state index < -0.39 is 0 Å². The fraction of sp³-hybridized carbons (Fsp3) is 0.357. The van der Waals surface area contributed by atoms with Crippen LogP contribution in [0.4, 0.5) is 0 Å². The highest BCUT2D eigenvalue weighted by molar-refractivity contribution is 5.60. The van der Waals surface area contributed by atoms with Crippen LogP contribution in [0.3, 0.4) is 0 Å². The van der Waals surface area contributed by atoms with Crippen molar-refractivity contribution in [2.75, 3.05) is 13.6 Å². The second-order valence-electron chi connectivity index (χ2n) is 4.69. The molecule has 0 saturated carbocycles. The number of hydrogen-bond acceptors (Lipinski definition) is 2. The van der Waals surface area contributed by atoms with Gasteiger partial charge in [-0.2, -0.15) is 0 Å². The minimum atomic E-state index is 0.495. The van der Waals surface area contributed by atoms with Gasteiger partial charge >= 0.3 is 0 Å². The van der Waals surface area contributed by atoms with Gasteiger partial charge in [0, 0.05) is 48.5 Å². The minimum absolute atomic E-state index is 0.495. The highest BCUT2D eigenvalue weighted by atomic mass is 15.2. The molecular formula is C14H17N3. The molecule has 2 aromatic heterocycles. The van der Waals surface area contributed by atoms with E-state index in [0.717, 1.165) is 13.1 Å². The van der Waals surface area contributed by atoms with Crippen molar-refractivity contribution in [1.82, 2.24) is 14.5 Å². The van der Waals surface area contributed by atoms with E-state index in [1.165, 1.54) is 17.0 Å². The molecule has 0 amide bonds. The molecule has 0 saturated heterocycles. The normalized spacial score (nSPS) is 20.2. The fourth-order valence-corrected chi connectivity index (χ4v) is 2.54. The third-order valence-electron chi connectivity index (χ3n) is 3.74. The SMILES string of the molecule is CC1c2ccc(-c3cccnc3)n2CCN1C. The lowest BCUT2D eigenvalue weighted by atomic mass is 10.1. The first-order chi connectivity index (χ1) is 8.27. The Morgan fingerprint density at radius 3 is 2.88 bits per heavy atom. The number of nitrogens with zero attached hydrogens (tertiary/aromatic N) is 3. The second-order valence-corrected chi connectivity index (χ2v) is 4.69. The Morgan fingerprint density at radius 1 is 1.24 bits per heavy atom. The van der Waals surface area contributed by atoms with Crippen LogP contribution in [0.1, 0.15) is 18.7 Å². The molecule has 3 rings (SSSR count). The zero-order valence-corrected chi connectivity index (χ0v) is 10.3. The van der Waals surface area contributed by atoms with Crippen LogP contribution in [0.15, 0.2) is 36.7 Å². The molecule has 0 aromatic carbocycles. The Labute approximate surface area is 102 Å². The first kappa shape index (κ1) is 10.5. The zero-order chi connectivity index (χ0) is 11.8.